The van der Waals surface area contributed by atoms with Crippen molar-refractivity contribution in [2.24, 2.45) is 0 Å². The number of hydrogen-bond acceptors (Lipinski definition) is 3. The number of thioether (sulfide) groups is 1. The first-order valence-corrected chi connectivity index (χ1v) is 22.0. The van der Waals surface area contributed by atoms with Gasteiger partial charge in [0, 0.05) is 47.0 Å². The fraction of sp³-hybridized carbons (Fsp3) is 0.0357. The summed E-state index contributed by atoms with van der Waals surface area (Å²) >= 11 is 4.01. The largest absolute Gasteiger partial charge is 0.456 e. The second-order valence-corrected chi connectivity index (χ2v) is 18.0. The van der Waals surface area contributed by atoms with E-state index in [1.165, 1.54) is 102 Å². The molecule has 1 nitrogen and oxygen atoms in total. The van der Waals surface area contributed by atoms with E-state index in [1.54, 1.807) is 0 Å². The fourth-order valence-electron chi connectivity index (χ4n) is 10.2. The molecule has 1 aliphatic rings. The minimum Gasteiger partial charge on any atom is -0.456 e. The van der Waals surface area contributed by atoms with Crippen molar-refractivity contribution in [3.05, 3.63) is 211 Å². The monoisotopic (exact) mass is 786 g/mol. The molecule has 276 valence electrons. The van der Waals surface area contributed by atoms with Crippen LogP contribution in [-0.2, 0) is 0 Å². The Hall–Kier alpha value is -6.65. The van der Waals surface area contributed by atoms with E-state index in [9.17, 15) is 0 Å². The molecule has 2 atom stereocenters. The van der Waals surface area contributed by atoms with Crippen LogP contribution in [0, 0.1) is 0 Å². The third-order valence-electron chi connectivity index (χ3n) is 12.7. The third kappa shape index (κ3) is 4.86. The number of thiophene rings is 1. The lowest BCUT2D eigenvalue weighted by atomic mass is 9.83. The van der Waals surface area contributed by atoms with Gasteiger partial charge in [-0.2, -0.15) is 0 Å². The predicted octanol–water partition coefficient (Wildman–Crippen LogP) is 16.7. The molecule has 0 aliphatic carbocycles. The van der Waals surface area contributed by atoms with Gasteiger partial charge < -0.3 is 4.42 Å². The molecule has 0 bridgehead atoms. The summed E-state index contributed by atoms with van der Waals surface area (Å²) in [7, 11) is 0. The summed E-state index contributed by atoms with van der Waals surface area (Å²) in [6, 6.07) is 71.8. The van der Waals surface area contributed by atoms with Crippen molar-refractivity contribution < 1.29 is 4.42 Å². The molecule has 0 saturated heterocycles. The number of rotatable bonds is 4. The van der Waals surface area contributed by atoms with Gasteiger partial charge in [-0.25, -0.2) is 0 Å². The first-order chi connectivity index (χ1) is 29.3. The fourth-order valence-corrected chi connectivity index (χ4v) is 13.2. The van der Waals surface area contributed by atoms with Crippen LogP contribution in [0.25, 0.3) is 96.7 Å². The summed E-state index contributed by atoms with van der Waals surface area (Å²) in [6.07, 6.45) is 0. The Bertz CT molecular complexity index is 3600. The van der Waals surface area contributed by atoms with Gasteiger partial charge in [0.1, 0.15) is 11.2 Å². The normalized spacial score (nSPS) is 15.4. The Morgan fingerprint density at radius 3 is 1.68 bits per heavy atom. The highest BCUT2D eigenvalue weighted by Gasteiger charge is 2.37. The number of fused-ring (bicyclic) bond motifs is 12. The molecular formula is C56H34OS2. The highest BCUT2D eigenvalue weighted by Crippen LogP contribution is 2.61. The first-order valence-electron chi connectivity index (χ1n) is 20.3. The molecule has 0 saturated carbocycles. The van der Waals surface area contributed by atoms with Crippen molar-refractivity contribution in [2.45, 2.75) is 16.1 Å². The maximum Gasteiger partial charge on any atom is 0.136 e. The Morgan fingerprint density at radius 1 is 0.373 bits per heavy atom. The summed E-state index contributed by atoms with van der Waals surface area (Å²) in [5, 5.41) is 12.8. The van der Waals surface area contributed by atoms with E-state index in [4.69, 9.17) is 4.42 Å². The number of hydrogen-bond donors (Lipinski definition) is 0. The van der Waals surface area contributed by atoms with Gasteiger partial charge >= 0.3 is 0 Å². The standard InChI is InChI=1S/C56H34OS2/c1-3-15-33(16-4-1)49-44-29-30-45-53-43(26-14-28-48(53)58-55(45)56(44)59-54(49)34-17-5-2-6-18-34)51-40-21-9-7-19-38(40)50(39-20-8-10-22-41(39)51)36-24-13-25-37-35(36)31-32-47-52(37)42-23-11-12-27-46(42)57-47/h1-32,49,54H. The molecule has 0 amide bonds. The van der Waals surface area contributed by atoms with Crippen LogP contribution in [0.1, 0.15) is 27.9 Å². The van der Waals surface area contributed by atoms with Crippen molar-refractivity contribution in [1.82, 2.24) is 0 Å². The van der Waals surface area contributed by atoms with Crippen molar-refractivity contribution in [3.8, 4) is 22.3 Å². The average Bonchev–Trinajstić information content (AvgIpc) is 4.01. The molecule has 1 aliphatic heterocycles. The average molecular weight is 787 g/mol. The second-order valence-electron chi connectivity index (χ2n) is 15.8. The van der Waals surface area contributed by atoms with Crippen molar-refractivity contribution >= 4 is 97.5 Å². The predicted molar refractivity (Wildman–Crippen MR) is 253 cm³/mol. The molecule has 59 heavy (non-hydrogen) atoms. The van der Waals surface area contributed by atoms with Gasteiger partial charge in [0.15, 0.2) is 0 Å². The van der Waals surface area contributed by atoms with Crippen LogP contribution >= 0.6 is 23.1 Å². The molecule has 10 aromatic carbocycles. The number of benzene rings is 10. The minimum atomic E-state index is 0.283. The van der Waals surface area contributed by atoms with E-state index < -0.39 is 0 Å². The van der Waals surface area contributed by atoms with E-state index in [0.717, 1.165) is 16.6 Å². The van der Waals surface area contributed by atoms with Crippen molar-refractivity contribution in [2.75, 3.05) is 0 Å². The van der Waals surface area contributed by atoms with Gasteiger partial charge in [0.25, 0.3) is 0 Å². The van der Waals surface area contributed by atoms with Crippen LogP contribution in [0.3, 0.4) is 0 Å². The Morgan fingerprint density at radius 2 is 0.949 bits per heavy atom. The van der Waals surface area contributed by atoms with Gasteiger partial charge in [-0.1, -0.05) is 176 Å². The zero-order chi connectivity index (χ0) is 38.6. The van der Waals surface area contributed by atoms with E-state index in [1.807, 2.05) is 17.4 Å². The molecule has 0 radical (unpaired) electrons. The van der Waals surface area contributed by atoms with Gasteiger partial charge in [-0.05, 0) is 89.5 Å². The van der Waals surface area contributed by atoms with Crippen molar-refractivity contribution in [1.29, 1.82) is 0 Å². The lowest BCUT2D eigenvalue weighted by molar-refractivity contribution is 0.669. The van der Waals surface area contributed by atoms with Crippen LogP contribution < -0.4 is 0 Å². The number of para-hydroxylation sites is 1. The topological polar surface area (TPSA) is 13.1 Å². The molecule has 0 spiro atoms. The van der Waals surface area contributed by atoms with Crippen molar-refractivity contribution in [3.63, 3.8) is 0 Å². The molecule has 0 fully saturated rings. The summed E-state index contributed by atoms with van der Waals surface area (Å²) in [4.78, 5) is 1.43. The van der Waals surface area contributed by atoms with E-state index in [2.05, 4.69) is 200 Å². The van der Waals surface area contributed by atoms with E-state index in [-0.39, 0.29) is 5.92 Å². The molecule has 2 unspecified atom stereocenters. The summed E-state index contributed by atoms with van der Waals surface area (Å²) < 4.78 is 9.07. The molecule has 3 heteroatoms. The van der Waals surface area contributed by atoms with Gasteiger partial charge in [0.2, 0.25) is 0 Å². The van der Waals surface area contributed by atoms with E-state index >= 15 is 0 Å². The van der Waals surface area contributed by atoms with E-state index in [0.29, 0.717) is 5.25 Å². The van der Waals surface area contributed by atoms with Crippen LogP contribution in [0.5, 0.6) is 0 Å². The molecule has 12 aromatic rings. The Balaban J connectivity index is 1.07. The first kappa shape index (κ1) is 33.3. The third-order valence-corrected chi connectivity index (χ3v) is 15.5. The Labute approximate surface area is 349 Å². The maximum absolute atomic E-state index is 6.35. The number of furan rings is 1. The van der Waals surface area contributed by atoms with Crippen LogP contribution in [0.2, 0.25) is 0 Å². The zero-order valence-electron chi connectivity index (χ0n) is 31.9. The maximum atomic E-state index is 6.35. The highest BCUT2D eigenvalue weighted by molar-refractivity contribution is 8.00. The molecule has 2 aromatic heterocycles. The summed E-state index contributed by atoms with van der Waals surface area (Å²) in [5.41, 5.74) is 11.1. The second kappa shape index (κ2) is 12.9. The highest BCUT2D eigenvalue weighted by atomic mass is 32.2. The van der Waals surface area contributed by atoms with Crippen LogP contribution in [0.15, 0.2) is 203 Å². The molecule has 0 N–H and O–H groups in total. The smallest absolute Gasteiger partial charge is 0.136 e. The quantitative estimate of drug-likeness (QED) is 0.165. The molecule has 13 rings (SSSR count). The summed E-state index contributed by atoms with van der Waals surface area (Å²) in [5.74, 6) is 0.283. The van der Waals surface area contributed by atoms with Crippen LogP contribution in [0.4, 0.5) is 0 Å². The lowest BCUT2D eigenvalue weighted by Crippen LogP contribution is -2.05. The Kier molecular flexibility index (Phi) is 7.30. The van der Waals surface area contributed by atoms with Gasteiger partial charge in [-0.3, -0.25) is 0 Å². The molecular weight excluding hydrogens is 753 g/mol. The van der Waals surface area contributed by atoms with Gasteiger partial charge in [0.05, 0.1) is 0 Å². The minimum absolute atomic E-state index is 0.283. The SMILES string of the molecule is c1ccc(C2Sc3c(ccc4c3sc3cccc(-c5c6ccccc6c(-c6cccc7c6ccc6oc8ccccc8c67)c6ccccc56)c34)C2c2ccccc2)cc1. The van der Waals surface area contributed by atoms with Crippen LogP contribution in [-0.4, -0.2) is 0 Å². The molecule has 3 heterocycles. The lowest BCUT2D eigenvalue weighted by Gasteiger charge is -2.20. The zero-order valence-corrected chi connectivity index (χ0v) is 33.5. The summed E-state index contributed by atoms with van der Waals surface area (Å²) in [6.45, 7) is 0. The van der Waals surface area contributed by atoms with Gasteiger partial charge in [-0.15, -0.1) is 23.1 Å².